The van der Waals surface area contributed by atoms with Crippen LogP contribution in [0.2, 0.25) is 0 Å². The van der Waals surface area contributed by atoms with Gasteiger partial charge in [-0.25, -0.2) is 4.79 Å². The second-order valence-electron chi connectivity index (χ2n) is 15.2. The summed E-state index contributed by atoms with van der Waals surface area (Å²) in [6.07, 6.45) is 2.31. The molecule has 7 atom stereocenters. The maximum Gasteiger partial charge on any atom is 0.326 e. The number of nitrogens with two attached hydrogens (primary N) is 1. The standard InChI is InChI=1S/C45H59N7O12/c1-27(8-7-11-29-9-5-4-6-10-29)34(46)24-39(57)50-37(26-53)43(60)52-41(28(2)54)44(61)51-35(22-31-14-18-33(64-3)19-15-31)42(59)48-25-40(58)47-21-20-38(56)49-36(45(62)63)23-30-12-16-32(55)17-13-30/h4-7,9-19,27-28,34-37,41,53-55H,8,20-26,46H2,1-3H3,(H,47,58)(H,48,59)(H,49,56)(H,50,57)(H,51,61)(H,52,60)(H,62,63). The lowest BCUT2D eigenvalue weighted by Gasteiger charge is -2.26. The monoisotopic (exact) mass is 889 g/mol. The first kappa shape index (κ1) is 51.5. The van der Waals surface area contributed by atoms with Crippen molar-refractivity contribution in [1.29, 1.82) is 0 Å². The van der Waals surface area contributed by atoms with Crippen molar-refractivity contribution in [1.82, 2.24) is 31.9 Å². The van der Waals surface area contributed by atoms with Crippen molar-refractivity contribution >= 4 is 47.5 Å². The number of aliphatic hydroxyl groups excluding tert-OH is 2. The summed E-state index contributed by atoms with van der Waals surface area (Å²) in [4.78, 5) is 90.1. The molecule has 0 spiro atoms. The number of carboxylic acids is 1. The molecule has 0 radical (unpaired) electrons. The number of phenols is 1. The van der Waals surface area contributed by atoms with Crippen molar-refractivity contribution in [2.75, 3.05) is 26.8 Å². The molecule has 12 N–H and O–H groups in total. The fourth-order valence-corrected chi connectivity index (χ4v) is 6.15. The Balaban J connectivity index is 1.57. The summed E-state index contributed by atoms with van der Waals surface area (Å²) in [5.74, 6) is -5.71. The zero-order valence-electron chi connectivity index (χ0n) is 36.0. The molecule has 0 saturated heterocycles. The molecule has 0 saturated carbocycles. The van der Waals surface area contributed by atoms with E-state index in [2.05, 4.69) is 31.9 Å². The summed E-state index contributed by atoms with van der Waals surface area (Å²) < 4.78 is 5.19. The van der Waals surface area contributed by atoms with Gasteiger partial charge in [0.25, 0.3) is 0 Å². The largest absolute Gasteiger partial charge is 0.508 e. The van der Waals surface area contributed by atoms with Crippen LogP contribution in [0.25, 0.3) is 6.08 Å². The van der Waals surface area contributed by atoms with Gasteiger partial charge in [0, 0.05) is 38.3 Å². The minimum atomic E-state index is -1.67. The third kappa shape index (κ3) is 18.3. The molecule has 0 fully saturated rings. The second kappa shape index (κ2) is 26.6. The summed E-state index contributed by atoms with van der Waals surface area (Å²) in [7, 11) is 1.47. The Morgan fingerprint density at radius 3 is 1.92 bits per heavy atom. The van der Waals surface area contributed by atoms with Crippen molar-refractivity contribution in [3.8, 4) is 11.5 Å². The number of rotatable bonds is 26. The van der Waals surface area contributed by atoms with Crippen LogP contribution in [0, 0.1) is 5.92 Å². The zero-order valence-corrected chi connectivity index (χ0v) is 36.0. The van der Waals surface area contributed by atoms with Gasteiger partial charge < -0.3 is 62.8 Å². The van der Waals surface area contributed by atoms with Crippen LogP contribution in [0.1, 0.15) is 49.8 Å². The number of amides is 6. The van der Waals surface area contributed by atoms with E-state index in [4.69, 9.17) is 10.5 Å². The summed E-state index contributed by atoms with van der Waals surface area (Å²) in [6, 6.07) is 15.6. The molecule has 3 aromatic carbocycles. The van der Waals surface area contributed by atoms with Crippen LogP contribution >= 0.6 is 0 Å². The molecular formula is C45H59N7O12. The molecule has 19 heteroatoms. The molecule has 0 aliphatic heterocycles. The molecule has 6 amide bonds. The predicted octanol–water partition coefficient (Wildman–Crippen LogP) is -0.338. The van der Waals surface area contributed by atoms with Gasteiger partial charge in [-0.1, -0.05) is 73.7 Å². The SMILES string of the molecule is COc1ccc(CC(NC(=O)C(NC(=O)C(CO)NC(=O)CC(N)C(C)CC=Cc2ccccc2)C(C)O)C(=O)NCC(=O)NCCC(=O)NC(Cc2ccc(O)cc2)C(=O)O)cc1. The number of carbonyl (C=O) groups is 7. The summed E-state index contributed by atoms with van der Waals surface area (Å²) in [5.41, 5.74) is 8.39. The van der Waals surface area contributed by atoms with Crippen LogP contribution in [0.4, 0.5) is 0 Å². The lowest BCUT2D eigenvalue weighted by atomic mass is 9.95. The van der Waals surface area contributed by atoms with Crippen LogP contribution in [0.3, 0.4) is 0 Å². The third-order valence-corrected chi connectivity index (χ3v) is 10.0. The zero-order chi connectivity index (χ0) is 47.2. The lowest BCUT2D eigenvalue weighted by Crippen LogP contribution is -2.60. The van der Waals surface area contributed by atoms with E-state index in [9.17, 15) is 54.0 Å². The molecule has 0 bridgehead atoms. The highest BCUT2D eigenvalue weighted by atomic mass is 16.5. The van der Waals surface area contributed by atoms with Gasteiger partial charge in [0.1, 0.15) is 35.7 Å². The number of methoxy groups -OCH3 is 1. The Kier molecular flexibility index (Phi) is 21.4. The average molecular weight is 890 g/mol. The van der Waals surface area contributed by atoms with E-state index in [1.54, 1.807) is 24.3 Å². The van der Waals surface area contributed by atoms with E-state index in [0.717, 1.165) is 5.56 Å². The fraction of sp³-hybridized carbons (Fsp3) is 0.400. The Labute approximate surface area is 371 Å². The highest BCUT2D eigenvalue weighted by molar-refractivity contribution is 5.95. The molecule has 7 unspecified atom stereocenters. The van der Waals surface area contributed by atoms with E-state index in [1.807, 2.05) is 49.4 Å². The third-order valence-electron chi connectivity index (χ3n) is 10.0. The molecule has 3 rings (SSSR count). The number of nitrogens with one attached hydrogen (secondary N) is 6. The van der Waals surface area contributed by atoms with E-state index >= 15 is 0 Å². The van der Waals surface area contributed by atoms with Gasteiger partial charge in [-0.15, -0.1) is 0 Å². The average Bonchev–Trinajstić information content (AvgIpc) is 3.26. The van der Waals surface area contributed by atoms with Crippen LogP contribution in [-0.4, -0.2) is 125 Å². The number of aliphatic hydroxyl groups is 2. The predicted molar refractivity (Wildman–Crippen MR) is 235 cm³/mol. The van der Waals surface area contributed by atoms with E-state index < -0.39 is 90.9 Å². The molecule has 346 valence electrons. The summed E-state index contributed by atoms with van der Waals surface area (Å²) >= 11 is 0. The Bertz CT molecular complexity index is 2030. The van der Waals surface area contributed by atoms with E-state index in [0.29, 0.717) is 23.3 Å². The highest BCUT2D eigenvalue weighted by Crippen LogP contribution is 2.15. The smallest absolute Gasteiger partial charge is 0.326 e. The van der Waals surface area contributed by atoms with Crippen molar-refractivity contribution in [2.45, 2.75) is 82.3 Å². The number of aliphatic carboxylic acids is 1. The van der Waals surface area contributed by atoms with Gasteiger partial charge in [0.15, 0.2) is 0 Å². The minimum Gasteiger partial charge on any atom is -0.508 e. The van der Waals surface area contributed by atoms with E-state index in [-0.39, 0.29) is 43.9 Å². The number of carboxylic acid groups (broad SMARTS) is 1. The Hall–Kier alpha value is -6.83. The van der Waals surface area contributed by atoms with Crippen LogP contribution in [0.15, 0.2) is 84.9 Å². The first-order valence-corrected chi connectivity index (χ1v) is 20.6. The second-order valence-corrected chi connectivity index (χ2v) is 15.2. The number of hydrogen-bond acceptors (Lipinski definition) is 12. The van der Waals surface area contributed by atoms with Crippen molar-refractivity contribution < 1.29 is 58.7 Å². The first-order chi connectivity index (χ1) is 30.5. The van der Waals surface area contributed by atoms with Gasteiger partial charge >= 0.3 is 5.97 Å². The molecular weight excluding hydrogens is 831 g/mol. The van der Waals surface area contributed by atoms with Gasteiger partial charge in [-0.05, 0) is 60.2 Å². The van der Waals surface area contributed by atoms with Gasteiger partial charge in [-0.2, -0.15) is 0 Å². The summed E-state index contributed by atoms with van der Waals surface area (Å²) in [5, 5.41) is 54.1. The number of carbonyl (C=O) groups excluding carboxylic acids is 6. The van der Waals surface area contributed by atoms with Crippen LogP contribution in [-0.2, 0) is 46.4 Å². The maximum absolute atomic E-state index is 13.6. The number of allylic oxidation sites excluding steroid dienone is 1. The van der Waals surface area contributed by atoms with Crippen LogP contribution < -0.4 is 42.4 Å². The number of ether oxygens (including phenoxy) is 1. The Morgan fingerprint density at radius 2 is 1.33 bits per heavy atom. The molecule has 0 aromatic heterocycles. The minimum absolute atomic E-state index is 0.000974. The molecule has 64 heavy (non-hydrogen) atoms. The number of benzene rings is 3. The quantitative estimate of drug-likeness (QED) is 0.0493. The summed E-state index contributed by atoms with van der Waals surface area (Å²) in [6.45, 7) is 1.44. The number of aromatic hydroxyl groups is 1. The molecule has 3 aromatic rings. The molecule has 19 nitrogen and oxygen atoms in total. The Morgan fingerprint density at radius 1 is 0.719 bits per heavy atom. The number of phenolic OH excluding ortho intramolecular Hbond substituents is 1. The highest BCUT2D eigenvalue weighted by Gasteiger charge is 2.33. The molecule has 0 aliphatic rings. The van der Waals surface area contributed by atoms with Gasteiger partial charge in [0.2, 0.25) is 35.4 Å². The maximum atomic E-state index is 13.6. The van der Waals surface area contributed by atoms with Gasteiger partial charge in [-0.3, -0.25) is 28.8 Å². The van der Waals surface area contributed by atoms with Crippen molar-refractivity contribution in [3.63, 3.8) is 0 Å². The van der Waals surface area contributed by atoms with Crippen molar-refractivity contribution in [3.05, 3.63) is 102 Å². The fourth-order valence-electron chi connectivity index (χ4n) is 6.15. The topological polar surface area (TPSA) is 308 Å². The lowest BCUT2D eigenvalue weighted by molar-refractivity contribution is -0.141. The van der Waals surface area contributed by atoms with Crippen LogP contribution in [0.5, 0.6) is 11.5 Å². The van der Waals surface area contributed by atoms with E-state index in [1.165, 1.54) is 38.3 Å². The molecule has 0 aliphatic carbocycles. The normalized spacial score (nSPS) is 14.3. The molecule has 0 heterocycles. The first-order valence-electron chi connectivity index (χ1n) is 20.6. The van der Waals surface area contributed by atoms with Crippen molar-refractivity contribution in [2.24, 2.45) is 11.7 Å². The number of hydrogen-bond donors (Lipinski definition) is 11. The van der Waals surface area contributed by atoms with Gasteiger partial charge in [0.05, 0.1) is 26.4 Å².